The number of carbonyl (C=O) groups is 1. The van der Waals surface area contributed by atoms with E-state index in [4.69, 9.17) is 0 Å². The molecule has 20 heavy (non-hydrogen) atoms. The normalized spacial score (nSPS) is 11.5. The van der Waals surface area contributed by atoms with Gasteiger partial charge in [0.25, 0.3) is 0 Å². The average Bonchev–Trinajstić information content (AvgIpc) is 2.43. The van der Waals surface area contributed by atoms with Gasteiger partial charge >= 0.3 is 0 Å². The van der Waals surface area contributed by atoms with Crippen molar-refractivity contribution < 1.29 is 4.79 Å². The molecule has 0 N–H and O–H groups in total. The van der Waals surface area contributed by atoms with Gasteiger partial charge in [-0.25, -0.2) is 0 Å². The minimum atomic E-state index is 0.337. The monoisotopic (exact) mass is 283 g/mol. The highest BCUT2D eigenvalue weighted by Crippen LogP contribution is 2.20. The van der Waals surface area contributed by atoms with Crippen LogP contribution in [-0.4, -0.2) is 31.3 Å². The van der Waals surface area contributed by atoms with Gasteiger partial charge in [-0.15, -0.1) is 0 Å². The molecular weight excluding hydrogens is 246 g/mol. The predicted molar refractivity (Wildman–Crippen MR) is 89.2 cm³/mol. The predicted octanol–water partition coefficient (Wildman–Crippen LogP) is 5.06. The molecular formula is C18H37NO. The zero-order valence-corrected chi connectivity index (χ0v) is 14.4. The fourth-order valence-electron chi connectivity index (χ4n) is 2.64. The summed E-state index contributed by atoms with van der Waals surface area (Å²) in [5, 5.41) is 0. The molecule has 0 radical (unpaired) electrons. The Kier molecular flexibility index (Phi) is 13.4. The van der Waals surface area contributed by atoms with Gasteiger partial charge in [-0.2, -0.15) is 0 Å². The van der Waals surface area contributed by atoms with Gasteiger partial charge in [-0.1, -0.05) is 65.2 Å². The fraction of sp³-hybridized carbons (Fsp3) is 0.944. The molecule has 0 aromatic carbocycles. The Labute approximate surface area is 127 Å². The highest BCUT2D eigenvalue weighted by atomic mass is 16.1. The number of rotatable bonds is 14. The van der Waals surface area contributed by atoms with E-state index < -0.39 is 0 Å². The number of hydrogen-bond donors (Lipinski definition) is 0. The zero-order valence-electron chi connectivity index (χ0n) is 14.4. The lowest BCUT2D eigenvalue weighted by Crippen LogP contribution is -2.22. The van der Waals surface area contributed by atoms with E-state index >= 15 is 0 Å². The van der Waals surface area contributed by atoms with Crippen molar-refractivity contribution >= 4 is 5.78 Å². The third-order valence-electron chi connectivity index (χ3n) is 4.07. The van der Waals surface area contributed by atoms with E-state index in [1.54, 1.807) is 0 Å². The summed E-state index contributed by atoms with van der Waals surface area (Å²) >= 11 is 0. The molecule has 0 bridgehead atoms. The van der Waals surface area contributed by atoms with Crippen LogP contribution in [0.1, 0.15) is 84.5 Å². The SMILES string of the molecule is CCCCCCC(CCCCCC)C(=O)CCN(C)C. The number of nitrogens with zero attached hydrogens (tertiary/aromatic N) is 1. The molecule has 0 aliphatic heterocycles. The van der Waals surface area contributed by atoms with Crippen molar-refractivity contribution in [2.75, 3.05) is 20.6 Å². The Bertz CT molecular complexity index is 213. The maximum atomic E-state index is 12.3. The average molecular weight is 283 g/mol. The number of carbonyl (C=O) groups excluding carboxylic acids is 1. The van der Waals surface area contributed by atoms with Gasteiger partial charge in [0.2, 0.25) is 0 Å². The van der Waals surface area contributed by atoms with Crippen molar-refractivity contribution in [2.24, 2.45) is 5.92 Å². The van der Waals surface area contributed by atoms with E-state index in [0.29, 0.717) is 11.7 Å². The topological polar surface area (TPSA) is 20.3 Å². The molecule has 0 atom stereocenters. The van der Waals surface area contributed by atoms with Crippen molar-refractivity contribution in [2.45, 2.75) is 84.5 Å². The number of ketones is 1. The van der Waals surface area contributed by atoms with Crippen LogP contribution in [0.5, 0.6) is 0 Å². The molecule has 0 heterocycles. The summed E-state index contributed by atoms with van der Waals surface area (Å²) in [6.45, 7) is 5.38. The quantitative estimate of drug-likeness (QED) is 0.415. The smallest absolute Gasteiger partial charge is 0.137 e. The number of hydrogen-bond acceptors (Lipinski definition) is 2. The van der Waals surface area contributed by atoms with Crippen molar-refractivity contribution in [1.82, 2.24) is 4.90 Å². The van der Waals surface area contributed by atoms with Crippen LogP contribution in [0.4, 0.5) is 0 Å². The van der Waals surface area contributed by atoms with Gasteiger partial charge < -0.3 is 4.90 Å². The highest BCUT2D eigenvalue weighted by molar-refractivity contribution is 5.81. The van der Waals surface area contributed by atoms with Gasteiger partial charge in [0.05, 0.1) is 0 Å². The molecule has 0 spiro atoms. The van der Waals surface area contributed by atoms with Gasteiger partial charge in [0, 0.05) is 18.9 Å². The van der Waals surface area contributed by atoms with E-state index in [2.05, 4.69) is 18.7 Å². The van der Waals surface area contributed by atoms with Crippen LogP contribution in [0.15, 0.2) is 0 Å². The first-order valence-corrected chi connectivity index (χ1v) is 8.79. The second-order valence-electron chi connectivity index (χ2n) is 6.42. The lowest BCUT2D eigenvalue weighted by atomic mass is 9.89. The first kappa shape index (κ1) is 19.6. The third-order valence-corrected chi connectivity index (χ3v) is 4.07. The maximum absolute atomic E-state index is 12.3. The van der Waals surface area contributed by atoms with Crippen LogP contribution >= 0.6 is 0 Å². The second-order valence-corrected chi connectivity index (χ2v) is 6.42. The van der Waals surface area contributed by atoms with E-state index in [0.717, 1.165) is 25.8 Å². The Morgan fingerprint density at radius 3 is 1.75 bits per heavy atom. The molecule has 0 unspecified atom stereocenters. The molecule has 0 amide bonds. The van der Waals surface area contributed by atoms with Gasteiger partial charge in [-0.05, 0) is 26.9 Å². The summed E-state index contributed by atoms with van der Waals surface area (Å²) in [4.78, 5) is 14.5. The fourth-order valence-corrected chi connectivity index (χ4v) is 2.64. The summed E-state index contributed by atoms with van der Waals surface area (Å²) < 4.78 is 0. The maximum Gasteiger partial charge on any atom is 0.137 e. The van der Waals surface area contributed by atoms with Crippen LogP contribution in [0.25, 0.3) is 0 Å². The van der Waals surface area contributed by atoms with Crippen LogP contribution in [0, 0.1) is 5.92 Å². The largest absolute Gasteiger partial charge is 0.309 e. The molecule has 0 aromatic rings. The summed E-state index contributed by atoms with van der Waals surface area (Å²) in [5.41, 5.74) is 0. The summed E-state index contributed by atoms with van der Waals surface area (Å²) in [5.74, 6) is 0.843. The molecule has 0 saturated heterocycles. The molecule has 0 fully saturated rings. The molecule has 0 aliphatic rings. The summed E-state index contributed by atoms with van der Waals surface area (Å²) in [7, 11) is 4.09. The van der Waals surface area contributed by atoms with Crippen LogP contribution in [-0.2, 0) is 4.79 Å². The van der Waals surface area contributed by atoms with E-state index in [1.165, 1.54) is 51.4 Å². The van der Waals surface area contributed by atoms with Crippen molar-refractivity contribution in [3.05, 3.63) is 0 Å². The number of unbranched alkanes of at least 4 members (excludes halogenated alkanes) is 6. The summed E-state index contributed by atoms with van der Waals surface area (Å²) in [6, 6.07) is 0. The highest BCUT2D eigenvalue weighted by Gasteiger charge is 2.17. The minimum absolute atomic E-state index is 0.337. The van der Waals surface area contributed by atoms with Gasteiger partial charge in [-0.3, -0.25) is 4.79 Å². The first-order chi connectivity index (χ1) is 9.61. The van der Waals surface area contributed by atoms with Crippen LogP contribution < -0.4 is 0 Å². The summed E-state index contributed by atoms with van der Waals surface area (Å²) in [6.07, 6.45) is 13.2. The molecule has 2 nitrogen and oxygen atoms in total. The van der Waals surface area contributed by atoms with E-state index in [1.807, 2.05) is 14.1 Å². The van der Waals surface area contributed by atoms with Crippen molar-refractivity contribution in [3.8, 4) is 0 Å². The molecule has 0 aromatic heterocycles. The molecule has 0 aliphatic carbocycles. The molecule has 0 rings (SSSR count). The zero-order chi connectivity index (χ0) is 15.2. The first-order valence-electron chi connectivity index (χ1n) is 8.79. The van der Waals surface area contributed by atoms with Gasteiger partial charge in [0.1, 0.15) is 5.78 Å². The van der Waals surface area contributed by atoms with Crippen molar-refractivity contribution in [3.63, 3.8) is 0 Å². The molecule has 2 heteroatoms. The minimum Gasteiger partial charge on any atom is -0.309 e. The van der Waals surface area contributed by atoms with Crippen molar-refractivity contribution in [1.29, 1.82) is 0 Å². The Morgan fingerprint density at radius 2 is 1.35 bits per heavy atom. The molecule has 120 valence electrons. The standard InChI is InChI=1S/C18H37NO/c1-5-7-9-11-13-17(14-12-10-8-6-2)18(20)15-16-19(3)4/h17H,5-16H2,1-4H3. The van der Waals surface area contributed by atoms with Gasteiger partial charge in [0.15, 0.2) is 0 Å². The molecule has 0 saturated carbocycles. The van der Waals surface area contributed by atoms with E-state index in [9.17, 15) is 4.79 Å². The second kappa shape index (κ2) is 13.6. The Morgan fingerprint density at radius 1 is 0.850 bits per heavy atom. The lowest BCUT2D eigenvalue weighted by Gasteiger charge is -2.17. The Hall–Kier alpha value is -0.370. The van der Waals surface area contributed by atoms with Crippen LogP contribution in [0.3, 0.4) is 0 Å². The number of Topliss-reactive ketones (excluding diaryl/α,β-unsaturated/α-hetero) is 1. The van der Waals surface area contributed by atoms with E-state index in [-0.39, 0.29) is 0 Å². The third kappa shape index (κ3) is 11.5. The van der Waals surface area contributed by atoms with Crippen LogP contribution in [0.2, 0.25) is 0 Å². The lowest BCUT2D eigenvalue weighted by molar-refractivity contribution is -0.123. The Balaban J connectivity index is 4.04.